The fraction of sp³-hybridized carbons (Fsp3) is 0.185. The maximum Gasteiger partial charge on any atom is 0.293 e. The van der Waals surface area contributed by atoms with Gasteiger partial charge in [0, 0.05) is 5.56 Å². The number of carbonyl (C=O) groups is 2. The van der Waals surface area contributed by atoms with Crippen molar-refractivity contribution in [2.45, 2.75) is 13.5 Å². The van der Waals surface area contributed by atoms with E-state index in [1.807, 2.05) is 31.2 Å². The quantitative estimate of drug-likeness (QED) is 0.349. The molecule has 0 N–H and O–H groups in total. The van der Waals surface area contributed by atoms with E-state index in [1.54, 1.807) is 42.5 Å². The first-order chi connectivity index (χ1) is 16.9. The van der Waals surface area contributed by atoms with E-state index in [4.69, 9.17) is 14.2 Å². The average molecular weight is 494 g/mol. The molecule has 0 spiro atoms. The Morgan fingerprint density at radius 2 is 1.80 bits per heavy atom. The number of rotatable bonds is 9. The molecule has 3 aromatic rings. The summed E-state index contributed by atoms with van der Waals surface area (Å²) in [5.41, 5.74) is 2.16. The molecule has 2 amide bonds. The highest BCUT2D eigenvalue weighted by atomic mass is 32.2. The van der Waals surface area contributed by atoms with Crippen molar-refractivity contribution in [2.75, 3.05) is 20.3 Å². The first-order valence-electron chi connectivity index (χ1n) is 10.9. The third-order valence-electron chi connectivity index (χ3n) is 5.27. The van der Waals surface area contributed by atoms with Crippen LogP contribution >= 0.6 is 11.8 Å². The first-order valence-corrected chi connectivity index (χ1v) is 11.8. The molecule has 0 unspecified atom stereocenters. The van der Waals surface area contributed by atoms with Crippen molar-refractivity contribution in [3.05, 3.63) is 94.1 Å². The molecule has 1 saturated heterocycles. The predicted molar refractivity (Wildman–Crippen MR) is 133 cm³/mol. The van der Waals surface area contributed by atoms with Crippen molar-refractivity contribution < 1.29 is 28.2 Å². The van der Waals surface area contributed by atoms with Crippen LogP contribution in [0.25, 0.3) is 6.08 Å². The highest BCUT2D eigenvalue weighted by Crippen LogP contribution is 2.34. The van der Waals surface area contributed by atoms with Gasteiger partial charge in [0.05, 0.1) is 18.6 Å². The van der Waals surface area contributed by atoms with Gasteiger partial charge in [0.1, 0.15) is 24.8 Å². The van der Waals surface area contributed by atoms with Crippen LogP contribution in [0.5, 0.6) is 17.2 Å². The maximum absolute atomic E-state index is 13.9. The predicted octanol–water partition coefficient (Wildman–Crippen LogP) is 5.84. The number of aryl methyl sites for hydroxylation is 1. The smallest absolute Gasteiger partial charge is 0.293 e. The lowest BCUT2D eigenvalue weighted by Crippen LogP contribution is -2.32. The molecule has 0 bridgehead atoms. The summed E-state index contributed by atoms with van der Waals surface area (Å²) >= 11 is 0.881. The Bertz CT molecular complexity index is 1280. The van der Waals surface area contributed by atoms with E-state index >= 15 is 0 Å². The largest absolute Gasteiger partial charge is 0.493 e. The number of hydrogen-bond donors (Lipinski definition) is 0. The number of halogens is 1. The van der Waals surface area contributed by atoms with Crippen molar-refractivity contribution in [1.29, 1.82) is 0 Å². The van der Waals surface area contributed by atoms with Crippen LogP contribution in [0, 0.1) is 12.7 Å². The number of nitrogens with zero attached hydrogens (tertiary/aromatic N) is 1. The van der Waals surface area contributed by atoms with Crippen LogP contribution in [0.4, 0.5) is 9.18 Å². The molecule has 0 aromatic heterocycles. The number of ether oxygens (including phenoxy) is 3. The third kappa shape index (κ3) is 6.02. The van der Waals surface area contributed by atoms with Gasteiger partial charge in [0.15, 0.2) is 11.5 Å². The molecule has 180 valence electrons. The van der Waals surface area contributed by atoms with Crippen molar-refractivity contribution in [2.24, 2.45) is 0 Å². The molecule has 1 aliphatic heterocycles. The molecule has 3 aromatic carbocycles. The summed E-state index contributed by atoms with van der Waals surface area (Å²) in [5, 5.41) is -0.342. The van der Waals surface area contributed by atoms with Gasteiger partial charge in [-0.2, -0.15) is 0 Å². The zero-order valence-electron chi connectivity index (χ0n) is 19.3. The fourth-order valence-electron chi connectivity index (χ4n) is 3.47. The lowest BCUT2D eigenvalue weighted by atomic mass is 10.1. The number of methoxy groups -OCH3 is 1. The van der Waals surface area contributed by atoms with E-state index in [0.29, 0.717) is 33.3 Å². The Kier molecular flexibility index (Phi) is 7.72. The van der Waals surface area contributed by atoms with Crippen LogP contribution in [0.2, 0.25) is 0 Å². The van der Waals surface area contributed by atoms with Crippen molar-refractivity contribution in [1.82, 2.24) is 4.90 Å². The number of hydrogen-bond acceptors (Lipinski definition) is 6. The van der Waals surface area contributed by atoms with Crippen LogP contribution in [-0.2, 0) is 11.4 Å². The molecule has 4 rings (SSSR count). The third-order valence-corrected chi connectivity index (χ3v) is 6.18. The molecular formula is C27H24FNO5S. The van der Waals surface area contributed by atoms with Gasteiger partial charge in [-0.15, -0.1) is 0 Å². The van der Waals surface area contributed by atoms with Gasteiger partial charge in [0.2, 0.25) is 0 Å². The summed E-state index contributed by atoms with van der Waals surface area (Å²) < 4.78 is 30.7. The Morgan fingerprint density at radius 1 is 0.971 bits per heavy atom. The lowest BCUT2D eigenvalue weighted by Gasteiger charge is -2.13. The lowest BCUT2D eigenvalue weighted by molar-refractivity contribution is -0.123. The molecule has 6 nitrogen and oxygen atoms in total. The average Bonchev–Trinajstić information content (AvgIpc) is 3.11. The van der Waals surface area contributed by atoms with Crippen LogP contribution in [0.3, 0.4) is 0 Å². The Hall–Kier alpha value is -3.78. The summed E-state index contributed by atoms with van der Waals surface area (Å²) in [7, 11) is 1.50. The van der Waals surface area contributed by atoms with Gasteiger partial charge in [-0.1, -0.05) is 36.4 Å². The maximum atomic E-state index is 13.9. The van der Waals surface area contributed by atoms with E-state index in [0.717, 1.165) is 17.3 Å². The fourth-order valence-corrected chi connectivity index (χ4v) is 4.33. The second kappa shape index (κ2) is 11.1. The summed E-state index contributed by atoms with van der Waals surface area (Å²) in [5.74, 6) is 0.849. The molecule has 1 fully saturated rings. The minimum absolute atomic E-state index is 0.0475. The van der Waals surface area contributed by atoms with Crippen molar-refractivity contribution in [3.63, 3.8) is 0 Å². The normalized spacial score (nSPS) is 14.5. The summed E-state index contributed by atoms with van der Waals surface area (Å²) in [6.45, 7) is 2.37. The van der Waals surface area contributed by atoms with E-state index in [9.17, 15) is 14.0 Å². The number of amides is 2. The molecule has 0 saturated carbocycles. The second-order valence-corrected chi connectivity index (χ2v) is 8.78. The second-order valence-electron chi connectivity index (χ2n) is 7.79. The van der Waals surface area contributed by atoms with Crippen LogP contribution in [0.1, 0.15) is 16.7 Å². The molecule has 1 heterocycles. The van der Waals surface area contributed by atoms with Crippen molar-refractivity contribution >= 4 is 29.0 Å². The van der Waals surface area contributed by atoms with Crippen LogP contribution < -0.4 is 14.2 Å². The van der Waals surface area contributed by atoms with Crippen molar-refractivity contribution in [3.8, 4) is 17.2 Å². The van der Waals surface area contributed by atoms with Gasteiger partial charge in [-0.3, -0.25) is 14.5 Å². The monoisotopic (exact) mass is 493 g/mol. The topological polar surface area (TPSA) is 65.1 Å². The number of benzene rings is 3. The summed E-state index contributed by atoms with van der Waals surface area (Å²) in [6.07, 6.45) is 1.63. The summed E-state index contributed by atoms with van der Waals surface area (Å²) in [4.78, 5) is 26.7. The van der Waals surface area contributed by atoms with Gasteiger partial charge < -0.3 is 14.2 Å². The van der Waals surface area contributed by atoms with Gasteiger partial charge in [0.25, 0.3) is 11.1 Å². The Labute approximate surface area is 207 Å². The highest BCUT2D eigenvalue weighted by Gasteiger charge is 2.34. The van der Waals surface area contributed by atoms with Gasteiger partial charge in [-0.05, 0) is 66.2 Å². The molecule has 1 aliphatic rings. The molecule has 8 heteroatoms. The molecule has 0 atom stereocenters. The number of thioether (sulfide) groups is 1. The molecule has 0 aliphatic carbocycles. The van der Waals surface area contributed by atoms with E-state index in [1.165, 1.54) is 18.1 Å². The minimum Gasteiger partial charge on any atom is -0.493 e. The number of carbonyl (C=O) groups excluding carboxylic acids is 2. The molecule has 35 heavy (non-hydrogen) atoms. The molecule has 0 radical (unpaired) electrons. The Morgan fingerprint density at radius 3 is 2.57 bits per heavy atom. The van der Waals surface area contributed by atoms with Gasteiger partial charge in [-0.25, -0.2) is 4.39 Å². The van der Waals surface area contributed by atoms with Crippen LogP contribution in [0.15, 0.2) is 71.6 Å². The van der Waals surface area contributed by atoms with Crippen LogP contribution in [-0.4, -0.2) is 36.3 Å². The van der Waals surface area contributed by atoms with Gasteiger partial charge >= 0.3 is 0 Å². The number of imide groups is 1. The van der Waals surface area contributed by atoms with E-state index in [2.05, 4.69) is 0 Å². The molecular weight excluding hydrogens is 469 g/mol. The standard InChI is InChI=1S/C27H24FNO5S/c1-18-6-5-8-21(14-18)33-13-12-29-26(30)25(35-27(29)31)16-19-10-11-23(24(15-19)32-2)34-17-20-7-3-4-9-22(20)28/h3-11,14-16H,12-13,17H2,1-2H3/b25-16-. The zero-order chi connectivity index (χ0) is 24.8. The zero-order valence-corrected chi connectivity index (χ0v) is 20.1. The highest BCUT2D eigenvalue weighted by molar-refractivity contribution is 8.18. The summed E-state index contributed by atoms with van der Waals surface area (Å²) in [6, 6.07) is 19.1. The Balaban J connectivity index is 1.40. The minimum atomic E-state index is -0.369. The van der Waals surface area contributed by atoms with E-state index < -0.39 is 0 Å². The first kappa shape index (κ1) is 24.3. The van der Waals surface area contributed by atoms with E-state index in [-0.39, 0.29) is 36.7 Å². The SMILES string of the molecule is COc1cc(/C=C2\SC(=O)N(CCOc3cccc(C)c3)C2=O)ccc1OCc1ccccc1F.